The summed E-state index contributed by atoms with van der Waals surface area (Å²) in [5, 5.41) is 0. The highest BCUT2D eigenvalue weighted by Gasteiger charge is 2.40. The number of rotatable bonds is 0. The summed E-state index contributed by atoms with van der Waals surface area (Å²) in [6.45, 7) is 0. The maximum atomic E-state index is 13.2. The fourth-order valence-corrected chi connectivity index (χ4v) is 2.08. The molecule has 0 aromatic rings. The van der Waals surface area contributed by atoms with Crippen molar-refractivity contribution in [1.29, 1.82) is 0 Å². The van der Waals surface area contributed by atoms with Gasteiger partial charge in [0.25, 0.3) is 0 Å². The van der Waals surface area contributed by atoms with E-state index in [0.29, 0.717) is 12.3 Å². The lowest BCUT2D eigenvalue weighted by atomic mass is 9.83. The zero-order valence-corrected chi connectivity index (χ0v) is 6.39. The fraction of sp³-hybridized carbons (Fsp3) is 1.00. The standard InChI is InChI=1S/C7H14FN3/c8-5-3-1-2-4-6(5)10-11-7(4)9/h4-7,10-11H,1-3,9H2. The van der Waals surface area contributed by atoms with E-state index in [0.717, 1.165) is 12.8 Å². The summed E-state index contributed by atoms with van der Waals surface area (Å²) in [5.41, 5.74) is 11.5. The second-order valence-corrected chi connectivity index (χ2v) is 3.45. The number of halogens is 1. The Bertz CT molecular complexity index is 151. The Morgan fingerprint density at radius 1 is 1.27 bits per heavy atom. The van der Waals surface area contributed by atoms with Gasteiger partial charge >= 0.3 is 0 Å². The number of hydrogen-bond donors (Lipinski definition) is 3. The van der Waals surface area contributed by atoms with Crippen LogP contribution in [-0.2, 0) is 0 Å². The second kappa shape index (κ2) is 2.69. The Morgan fingerprint density at radius 3 is 2.82 bits per heavy atom. The molecule has 1 heterocycles. The Labute approximate surface area is 65.5 Å². The summed E-state index contributed by atoms with van der Waals surface area (Å²) < 4.78 is 13.2. The molecule has 1 aliphatic carbocycles. The molecule has 0 aromatic carbocycles. The molecule has 4 atom stereocenters. The molecule has 1 saturated heterocycles. The molecular formula is C7H14FN3. The van der Waals surface area contributed by atoms with Crippen molar-refractivity contribution >= 4 is 0 Å². The molecule has 64 valence electrons. The molecule has 1 saturated carbocycles. The minimum absolute atomic E-state index is 0.0428. The number of hydrogen-bond acceptors (Lipinski definition) is 3. The predicted molar refractivity (Wildman–Crippen MR) is 40.3 cm³/mol. The van der Waals surface area contributed by atoms with Gasteiger partial charge in [0.2, 0.25) is 0 Å². The van der Waals surface area contributed by atoms with Gasteiger partial charge in [0, 0.05) is 5.92 Å². The third-order valence-corrected chi connectivity index (χ3v) is 2.75. The van der Waals surface area contributed by atoms with Crippen LogP contribution in [0.15, 0.2) is 0 Å². The number of alkyl halides is 1. The van der Waals surface area contributed by atoms with E-state index in [2.05, 4.69) is 10.9 Å². The monoisotopic (exact) mass is 159 g/mol. The van der Waals surface area contributed by atoms with E-state index in [1.807, 2.05) is 0 Å². The summed E-state index contributed by atoms with van der Waals surface area (Å²) in [6, 6.07) is -0.0428. The van der Waals surface area contributed by atoms with Crippen LogP contribution in [-0.4, -0.2) is 18.4 Å². The van der Waals surface area contributed by atoms with E-state index in [9.17, 15) is 4.39 Å². The molecule has 0 spiro atoms. The van der Waals surface area contributed by atoms with Crippen LogP contribution < -0.4 is 16.6 Å². The van der Waals surface area contributed by atoms with Crippen LogP contribution in [0.1, 0.15) is 19.3 Å². The van der Waals surface area contributed by atoms with Gasteiger partial charge in [-0.1, -0.05) is 6.42 Å². The number of hydrazine groups is 1. The predicted octanol–water partition coefficient (Wildman–Crippen LogP) is -0.114. The van der Waals surface area contributed by atoms with Crippen LogP contribution in [0.25, 0.3) is 0 Å². The van der Waals surface area contributed by atoms with Crippen LogP contribution in [0.3, 0.4) is 0 Å². The molecule has 1 aliphatic heterocycles. The molecule has 11 heavy (non-hydrogen) atoms. The highest BCUT2D eigenvalue weighted by molar-refractivity contribution is 4.95. The van der Waals surface area contributed by atoms with Gasteiger partial charge in [-0.2, -0.15) is 0 Å². The number of fused-ring (bicyclic) bond motifs is 1. The van der Waals surface area contributed by atoms with Crippen molar-refractivity contribution in [3.8, 4) is 0 Å². The maximum Gasteiger partial charge on any atom is 0.117 e. The lowest BCUT2D eigenvalue weighted by Gasteiger charge is -2.28. The Hall–Kier alpha value is -0.190. The van der Waals surface area contributed by atoms with Crippen LogP contribution in [0, 0.1) is 5.92 Å². The molecule has 0 aromatic heterocycles. The smallest absolute Gasteiger partial charge is 0.117 e. The summed E-state index contributed by atoms with van der Waals surface area (Å²) in [5.74, 6) is 0.291. The maximum absolute atomic E-state index is 13.2. The Kier molecular flexibility index (Phi) is 1.83. The first kappa shape index (κ1) is 7.46. The molecular weight excluding hydrogens is 145 g/mol. The molecule has 2 rings (SSSR count). The van der Waals surface area contributed by atoms with Gasteiger partial charge in [-0.05, 0) is 12.8 Å². The fourth-order valence-electron chi connectivity index (χ4n) is 2.08. The Balaban J connectivity index is 2.07. The van der Waals surface area contributed by atoms with Gasteiger partial charge < -0.3 is 5.73 Å². The molecule has 0 radical (unpaired) electrons. The van der Waals surface area contributed by atoms with Gasteiger partial charge in [-0.3, -0.25) is 5.43 Å². The molecule has 2 fully saturated rings. The van der Waals surface area contributed by atoms with Gasteiger partial charge in [-0.25, -0.2) is 9.82 Å². The van der Waals surface area contributed by atoms with Crippen molar-refractivity contribution in [1.82, 2.24) is 10.9 Å². The highest BCUT2D eigenvalue weighted by Crippen LogP contribution is 2.30. The third-order valence-electron chi connectivity index (χ3n) is 2.75. The van der Waals surface area contributed by atoms with Gasteiger partial charge in [-0.15, -0.1) is 0 Å². The topological polar surface area (TPSA) is 50.1 Å². The molecule has 3 nitrogen and oxygen atoms in total. The minimum Gasteiger partial charge on any atom is -0.315 e. The SMILES string of the molecule is NC1NNC2C(F)CCCC12. The number of nitrogens with two attached hydrogens (primary N) is 1. The zero-order chi connectivity index (χ0) is 7.84. The molecule has 0 bridgehead atoms. The van der Waals surface area contributed by atoms with Gasteiger partial charge in [0.1, 0.15) is 6.17 Å². The van der Waals surface area contributed by atoms with E-state index in [1.54, 1.807) is 0 Å². The number of nitrogens with one attached hydrogen (secondary N) is 2. The average molecular weight is 159 g/mol. The van der Waals surface area contributed by atoms with Crippen molar-refractivity contribution < 1.29 is 4.39 Å². The van der Waals surface area contributed by atoms with Gasteiger partial charge in [0.05, 0.1) is 12.2 Å². The molecule has 4 N–H and O–H groups in total. The quantitative estimate of drug-likeness (QED) is 0.462. The molecule has 4 heteroatoms. The first-order chi connectivity index (χ1) is 5.29. The highest BCUT2D eigenvalue weighted by atomic mass is 19.1. The first-order valence-electron chi connectivity index (χ1n) is 4.20. The Morgan fingerprint density at radius 2 is 2.09 bits per heavy atom. The van der Waals surface area contributed by atoms with E-state index in [4.69, 9.17) is 5.73 Å². The van der Waals surface area contributed by atoms with Crippen molar-refractivity contribution in [3.05, 3.63) is 0 Å². The normalized spacial score (nSPS) is 50.7. The lowest BCUT2D eigenvalue weighted by molar-refractivity contribution is 0.162. The molecule has 2 aliphatic rings. The minimum atomic E-state index is -0.713. The molecule has 4 unspecified atom stereocenters. The summed E-state index contributed by atoms with van der Waals surface area (Å²) in [4.78, 5) is 0. The van der Waals surface area contributed by atoms with E-state index in [-0.39, 0.29) is 12.2 Å². The average Bonchev–Trinajstić information content (AvgIpc) is 2.35. The van der Waals surface area contributed by atoms with Crippen molar-refractivity contribution in [2.24, 2.45) is 11.7 Å². The first-order valence-corrected chi connectivity index (χ1v) is 4.20. The second-order valence-electron chi connectivity index (χ2n) is 3.45. The van der Waals surface area contributed by atoms with Crippen molar-refractivity contribution in [3.63, 3.8) is 0 Å². The summed E-state index contributed by atoms with van der Waals surface area (Å²) in [6.07, 6.45) is 1.93. The van der Waals surface area contributed by atoms with E-state index in [1.165, 1.54) is 0 Å². The van der Waals surface area contributed by atoms with Crippen LogP contribution in [0.2, 0.25) is 0 Å². The lowest BCUT2D eigenvalue weighted by Crippen LogP contribution is -2.41. The summed E-state index contributed by atoms with van der Waals surface area (Å²) in [7, 11) is 0. The van der Waals surface area contributed by atoms with Crippen LogP contribution in [0.4, 0.5) is 4.39 Å². The zero-order valence-electron chi connectivity index (χ0n) is 6.39. The van der Waals surface area contributed by atoms with E-state index >= 15 is 0 Å². The van der Waals surface area contributed by atoms with Crippen molar-refractivity contribution in [2.45, 2.75) is 37.6 Å². The van der Waals surface area contributed by atoms with E-state index < -0.39 is 6.17 Å². The molecule has 0 amide bonds. The summed E-state index contributed by atoms with van der Waals surface area (Å²) >= 11 is 0. The van der Waals surface area contributed by atoms with Crippen molar-refractivity contribution in [2.75, 3.05) is 0 Å². The van der Waals surface area contributed by atoms with Crippen LogP contribution >= 0.6 is 0 Å². The third kappa shape index (κ3) is 1.15. The largest absolute Gasteiger partial charge is 0.315 e. The van der Waals surface area contributed by atoms with Crippen LogP contribution in [0.5, 0.6) is 0 Å². The van der Waals surface area contributed by atoms with Gasteiger partial charge in [0.15, 0.2) is 0 Å².